The normalized spacial score (nSPS) is 17.5. The maximum Gasteiger partial charge on any atom is 0.187 e. The third kappa shape index (κ3) is 1.20. The van der Waals surface area contributed by atoms with Gasteiger partial charge in [-0.2, -0.15) is 0 Å². The molecular formula is C14H8O2. The standard InChI is InChI=1S/C14H8O2/c15-10-6-5-9-7-14(16)12-4-2-1-3-11(12)13(9)8-10/h1-8H. The second kappa shape index (κ2) is 3.14. The molecule has 1 aromatic rings. The second-order valence-electron chi connectivity index (χ2n) is 3.80. The lowest BCUT2D eigenvalue weighted by Gasteiger charge is -2.19. The van der Waals surface area contributed by atoms with Crippen LogP contribution in [0.5, 0.6) is 0 Å². The van der Waals surface area contributed by atoms with Crippen molar-refractivity contribution in [3.63, 3.8) is 0 Å². The van der Waals surface area contributed by atoms with Crippen LogP contribution in [0.25, 0.3) is 5.57 Å². The average molecular weight is 208 g/mol. The Morgan fingerprint density at radius 2 is 1.56 bits per heavy atom. The number of allylic oxidation sites excluding steroid dienone is 6. The Morgan fingerprint density at radius 3 is 2.38 bits per heavy atom. The molecule has 76 valence electrons. The van der Waals surface area contributed by atoms with Gasteiger partial charge in [-0.1, -0.05) is 30.3 Å². The van der Waals surface area contributed by atoms with E-state index in [-0.39, 0.29) is 11.6 Å². The zero-order valence-electron chi connectivity index (χ0n) is 8.44. The van der Waals surface area contributed by atoms with Crippen LogP contribution in [-0.2, 0) is 4.79 Å². The van der Waals surface area contributed by atoms with Crippen molar-refractivity contribution in [1.82, 2.24) is 0 Å². The molecule has 0 aromatic heterocycles. The van der Waals surface area contributed by atoms with Gasteiger partial charge < -0.3 is 0 Å². The quantitative estimate of drug-likeness (QED) is 0.655. The fourth-order valence-corrected chi connectivity index (χ4v) is 2.05. The molecule has 0 saturated carbocycles. The molecule has 1 aromatic carbocycles. The first kappa shape index (κ1) is 9.04. The Morgan fingerprint density at radius 1 is 0.812 bits per heavy atom. The van der Waals surface area contributed by atoms with Crippen LogP contribution in [0.3, 0.4) is 0 Å². The smallest absolute Gasteiger partial charge is 0.187 e. The van der Waals surface area contributed by atoms with Gasteiger partial charge in [-0.3, -0.25) is 9.59 Å². The molecule has 0 saturated heterocycles. The van der Waals surface area contributed by atoms with Crippen LogP contribution < -0.4 is 0 Å². The summed E-state index contributed by atoms with van der Waals surface area (Å²) in [6, 6.07) is 7.36. The summed E-state index contributed by atoms with van der Waals surface area (Å²) < 4.78 is 0. The van der Waals surface area contributed by atoms with Gasteiger partial charge in [0.1, 0.15) is 0 Å². The summed E-state index contributed by atoms with van der Waals surface area (Å²) in [6.45, 7) is 0. The van der Waals surface area contributed by atoms with Crippen LogP contribution in [0.2, 0.25) is 0 Å². The van der Waals surface area contributed by atoms with Crippen LogP contribution in [0.4, 0.5) is 0 Å². The average Bonchev–Trinajstić information content (AvgIpc) is 2.31. The fourth-order valence-electron chi connectivity index (χ4n) is 2.05. The number of fused-ring (bicyclic) bond motifs is 3. The predicted molar refractivity (Wildman–Crippen MR) is 61.0 cm³/mol. The molecule has 3 rings (SSSR count). The van der Waals surface area contributed by atoms with Crippen molar-refractivity contribution in [3.8, 4) is 0 Å². The molecule has 0 aliphatic heterocycles. The van der Waals surface area contributed by atoms with Gasteiger partial charge in [-0.05, 0) is 34.9 Å². The number of hydrogen-bond acceptors (Lipinski definition) is 2. The predicted octanol–water partition coefficient (Wildman–Crippen LogP) is 2.33. The van der Waals surface area contributed by atoms with E-state index in [0.29, 0.717) is 5.56 Å². The van der Waals surface area contributed by atoms with E-state index >= 15 is 0 Å². The Kier molecular flexibility index (Phi) is 1.77. The lowest BCUT2D eigenvalue weighted by molar-refractivity contribution is -0.110. The minimum atomic E-state index is -0.0312. The van der Waals surface area contributed by atoms with E-state index in [0.717, 1.165) is 16.7 Å². The van der Waals surface area contributed by atoms with E-state index in [9.17, 15) is 9.59 Å². The van der Waals surface area contributed by atoms with Crippen molar-refractivity contribution in [2.24, 2.45) is 0 Å². The molecule has 0 heterocycles. The summed E-state index contributed by atoms with van der Waals surface area (Å²) >= 11 is 0. The zero-order valence-corrected chi connectivity index (χ0v) is 8.44. The molecule has 0 atom stereocenters. The summed E-state index contributed by atoms with van der Waals surface area (Å²) in [6.07, 6.45) is 6.34. The first-order valence-corrected chi connectivity index (χ1v) is 5.05. The van der Waals surface area contributed by atoms with Crippen molar-refractivity contribution in [1.29, 1.82) is 0 Å². The highest BCUT2D eigenvalue weighted by molar-refractivity contribution is 6.19. The van der Waals surface area contributed by atoms with E-state index in [1.807, 2.05) is 18.2 Å². The van der Waals surface area contributed by atoms with Crippen LogP contribution in [-0.4, -0.2) is 11.6 Å². The summed E-state index contributed by atoms with van der Waals surface area (Å²) in [5, 5.41) is 0. The van der Waals surface area contributed by atoms with Crippen molar-refractivity contribution >= 4 is 17.1 Å². The highest BCUT2D eigenvalue weighted by Gasteiger charge is 2.22. The zero-order chi connectivity index (χ0) is 11.1. The molecule has 0 radical (unpaired) electrons. The molecule has 0 unspecified atom stereocenters. The number of carbonyl (C=O) groups is 2. The molecule has 0 fully saturated rings. The molecule has 16 heavy (non-hydrogen) atoms. The SMILES string of the molecule is O=C1C=CC2=CC(=O)c3ccccc3C2=C1. The number of hydrogen-bond donors (Lipinski definition) is 0. The van der Waals surface area contributed by atoms with Crippen molar-refractivity contribution < 1.29 is 9.59 Å². The Labute approximate surface area is 92.6 Å². The van der Waals surface area contributed by atoms with E-state index < -0.39 is 0 Å². The van der Waals surface area contributed by atoms with Gasteiger partial charge in [-0.25, -0.2) is 0 Å². The van der Waals surface area contributed by atoms with E-state index in [1.165, 1.54) is 6.08 Å². The van der Waals surface area contributed by atoms with Gasteiger partial charge in [0.05, 0.1) is 0 Å². The van der Waals surface area contributed by atoms with E-state index in [2.05, 4.69) is 0 Å². The first-order chi connectivity index (χ1) is 7.75. The maximum atomic E-state index is 11.8. The van der Waals surface area contributed by atoms with Crippen molar-refractivity contribution in [2.45, 2.75) is 0 Å². The Hall–Kier alpha value is -2.22. The van der Waals surface area contributed by atoms with Crippen LogP contribution in [0.15, 0.2) is 54.1 Å². The van der Waals surface area contributed by atoms with E-state index in [1.54, 1.807) is 24.3 Å². The highest BCUT2D eigenvalue weighted by atomic mass is 16.1. The summed E-state index contributed by atoms with van der Waals surface area (Å²) in [5.41, 5.74) is 3.19. The molecular weight excluding hydrogens is 200 g/mol. The van der Waals surface area contributed by atoms with Gasteiger partial charge >= 0.3 is 0 Å². The Bertz CT molecular complexity index is 601. The van der Waals surface area contributed by atoms with Crippen LogP contribution in [0.1, 0.15) is 15.9 Å². The number of rotatable bonds is 0. The number of carbonyl (C=O) groups excluding carboxylic acids is 2. The largest absolute Gasteiger partial charge is 0.290 e. The minimum Gasteiger partial charge on any atom is -0.290 e. The summed E-state index contributed by atoms with van der Waals surface area (Å²) in [7, 11) is 0. The highest BCUT2D eigenvalue weighted by Crippen LogP contribution is 2.33. The lowest BCUT2D eigenvalue weighted by atomic mass is 9.83. The minimum absolute atomic E-state index is 0.00162. The van der Waals surface area contributed by atoms with Crippen LogP contribution >= 0.6 is 0 Å². The van der Waals surface area contributed by atoms with Crippen molar-refractivity contribution in [2.75, 3.05) is 0 Å². The van der Waals surface area contributed by atoms with Crippen molar-refractivity contribution in [3.05, 3.63) is 65.3 Å². The third-order valence-electron chi connectivity index (χ3n) is 2.79. The molecule has 0 amide bonds. The number of benzene rings is 1. The topological polar surface area (TPSA) is 34.1 Å². The van der Waals surface area contributed by atoms with Crippen LogP contribution in [0, 0.1) is 0 Å². The molecule has 0 bridgehead atoms. The second-order valence-corrected chi connectivity index (χ2v) is 3.80. The third-order valence-corrected chi connectivity index (χ3v) is 2.79. The Balaban J connectivity index is 2.30. The van der Waals surface area contributed by atoms with Gasteiger partial charge in [0, 0.05) is 5.56 Å². The van der Waals surface area contributed by atoms with Gasteiger partial charge in [-0.15, -0.1) is 0 Å². The van der Waals surface area contributed by atoms with E-state index in [4.69, 9.17) is 0 Å². The summed E-state index contributed by atoms with van der Waals surface area (Å²) in [4.78, 5) is 23.1. The summed E-state index contributed by atoms with van der Waals surface area (Å²) in [5.74, 6) is -0.0296. The molecule has 2 aliphatic rings. The lowest BCUT2D eigenvalue weighted by Crippen LogP contribution is -2.11. The van der Waals surface area contributed by atoms with Gasteiger partial charge in [0.25, 0.3) is 0 Å². The molecule has 2 nitrogen and oxygen atoms in total. The fraction of sp³-hybridized carbons (Fsp3) is 0. The molecule has 2 heteroatoms. The molecule has 2 aliphatic carbocycles. The number of ketones is 2. The first-order valence-electron chi connectivity index (χ1n) is 5.05. The molecule has 0 spiro atoms. The maximum absolute atomic E-state index is 11.8. The van der Waals surface area contributed by atoms with Gasteiger partial charge in [0.15, 0.2) is 11.6 Å². The molecule has 0 N–H and O–H groups in total. The monoisotopic (exact) mass is 208 g/mol. The van der Waals surface area contributed by atoms with Gasteiger partial charge in [0.2, 0.25) is 0 Å².